The standard InChI is InChI=1S/C81H158O17P2/c1-6-9-12-15-18-21-24-27-29-31-32-33-34-36-38-41-46-51-56-61-66-80(85)97-76(70-92-79(84)65-60-55-50-45-40-37-35-30-28-25-22-19-16-13-10-7-2)72-95-99(87,88)93-68-75(82)69-94-100(89,90)96-73-77(98-81(86)67-62-57-52-47-42-43-48-53-58-63-74(4)5)71-91-78(83)64-59-54-49-44-39-26-23-20-17-14-11-8-3/h74-77,82H,6-73H2,1-5H3,(H,87,88)(H,89,90)/t75-,76-,77-/m1/s1. The Bertz CT molecular complexity index is 1910. The Balaban J connectivity index is 5.23. The highest BCUT2D eigenvalue weighted by molar-refractivity contribution is 7.47. The van der Waals surface area contributed by atoms with Crippen LogP contribution in [0.15, 0.2) is 0 Å². The number of esters is 4. The SMILES string of the molecule is CCCCCCCCCCCCCCCCCCCCCCC(=O)O[C@H](COC(=O)CCCCCCCCCCCCCCCCCC)COP(=O)(O)OC[C@@H](O)COP(=O)(O)OC[C@@H](COC(=O)CCCCCCCCCCCCCC)OC(=O)CCCCCCCCCCCC(C)C. The van der Waals surface area contributed by atoms with Gasteiger partial charge in [-0.2, -0.15) is 0 Å². The summed E-state index contributed by atoms with van der Waals surface area (Å²) in [6.07, 6.45) is 65.2. The van der Waals surface area contributed by atoms with Gasteiger partial charge in [0.1, 0.15) is 19.3 Å². The first-order chi connectivity index (χ1) is 48.5. The fourth-order valence-electron chi connectivity index (χ4n) is 12.6. The number of carbonyl (C=O) groups is 4. The Kier molecular flexibility index (Phi) is 72.5. The number of hydrogen-bond donors (Lipinski definition) is 3. The van der Waals surface area contributed by atoms with Crippen LogP contribution in [-0.2, 0) is 65.4 Å². The summed E-state index contributed by atoms with van der Waals surface area (Å²) in [7, 11) is -9.92. The van der Waals surface area contributed by atoms with Gasteiger partial charge in [0.25, 0.3) is 0 Å². The van der Waals surface area contributed by atoms with Crippen molar-refractivity contribution in [2.45, 2.75) is 451 Å². The van der Waals surface area contributed by atoms with Crippen molar-refractivity contribution < 1.29 is 80.2 Å². The smallest absolute Gasteiger partial charge is 0.462 e. The number of phosphoric ester groups is 2. The molecule has 2 unspecified atom stereocenters. The summed E-state index contributed by atoms with van der Waals surface area (Å²) in [4.78, 5) is 73.0. The van der Waals surface area contributed by atoms with Crippen LogP contribution in [0, 0.1) is 5.92 Å². The van der Waals surface area contributed by atoms with Gasteiger partial charge in [-0.15, -0.1) is 0 Å². The van der Waals surface area contributed by atoms with Crippen LogP contribution >= 0.6 is 15.6 Å². The Hall–Kier alpha value is -1.94. The number of unbranched alkanes of at least 4 members (excludes halogenated alkanes) is 53. The molecule has 5 atom stereocenters. The van der Waals surface area contributed by atoms with Crippen molar-refractivity contribution in [3.8, 4) is 0 Å². The molecule has 0 aromatic rings. The van der Waals surface area contributed by atoms with E-state index in [1.807, 2.05) is 0 Å². The fraction of sp³-hybridized carbons (Fsp3) is 0.951. The summed E-state index contributed by atoms with van der Waals surface area (Å²) < 4.78 is 68.7. The first-order valence-corrected chi connectivity index (χ1v) is 45.1. The van der Waals surface area contributed by atoms with Crippen LogP contribution in [0.1, 0.15) is 433 Å². The van der Waals surface area contributed by atoms with E-state index in [9.17, 15) is 43.2 Å². The second-order valence-corrected chi connectivity index (χ2v) is 32.5. The molecule has 0 radical (unpaired) electrons. The van der Waals surface area contributed by atoms with E-state index in [2.05, 4.69) is 34.6 Å². The second kappa shape index (κ2) is 73.9. The van der Waals surface area contributed by atoms with E-state index in [1.54, 1.807) is 0 Å². The molecule has 0 rings (SSSR count). The summed E-state index contributed by atoms with van der Waals surface area (Å²) in [5.41, 5.74) is 0. The van der Waals surface area contributed by atoms with Crippen molar-refractivity contribution in [1.82, 2.24) is 0 Å². The molecule has 0 saturated heterocycles. The maximum atomic E-state index is 13.1. The molecule has 17 nitrogen and oxygen atoms in total. The van der Waals surface area contributed by atoms with Crippen molar-refractivity contribution >= 4 is 39.5 Å². The number of hydrogen-bond acceptors (Lipinski definition) is 15. The molecule has 0 saturated carbocycles. The Morgan fingerprint density at radius 3 is 0.680 bits per heavy atom. The maximum Gasteiger partial charge on any atom is 0.472 e. The third-order valence-electron chi connectivity index (χ3n) is 19.0. The zero-order valence-electron chi connectivity index (χ0n) is 65.3. The van der Waals surface area contributed by atoms with Crippen LogP contribution in [0.25, 0.3) is 0 Å². The van der Waals surface area contributed by atoms with Crippen LogP contribution in [0.3, 0.4) is 0 Å². The van der Waals surface area contributed by atoms with Crippen LogP contribution in [-0.4, -0.2) is 96.7 Å². The van der Waals surface area contributed by atoms with E-state index >= 15 is 0 Å². The molecule has 0 aliphatic carbocycles. The van der Waals surface area contributed by atoms with Gasteiger partial charge in [0.15, 0.2) is 12.2 Å². The first kappa shape index (κ1) is 98.1. The maximum absolute atomic E-state index is 13.1. The zero-order chi connectivity index (χ0) is 73.4. The number of ether oxygens (including phenoxy) is 4. The normalized spacial score (nSPS) is 13.8. The molecule has 0 aliphatic rings. The molecule has 0 aliphatic heterocycles. The van der Waals surface area contributed by atoms with Crippen molar-refractivity contribution in [1.29, 1.82) is 0 Å². The minimum Gasteiger partial charge on any atom is -0.462 e. The molecule has 19 heteroatoms. The predicted octanol–water partition coefficient (Wildman–Crippen LogP) is 24.4. The average molecular weight is 1470 g/mol. The number of carbonyl (C=O) groups excluding carboxylic acids is 4. The lowest BCUT2D eigenvalue weighted by atomic mass is 10.0. The third-order valence-corrected chi connectivity index (χ3v) is 20.9. The van der Waals surface area contributed by atoms with Crippen molar-refractivity contribution in [3.63, 3.8) is 0 Å². The zero-order valence-corrected chi connectivity index (χ0v) is 67.1. The minimum absolute atomic E-state index is 0.106. The minimum atomic E-state index is -4.96. The van der Waals surface area contributed by atoms with Crippen LogP contribution < -0.4 is 0 Å². The van der Waals surface area contributed by atoms with Crippen molar-refractivity contribution in [2.75, 3.05) is 39.6 Å². The van der Waals surface area contributed by atoms with Gasteiger partial charge in [-0.1, -0.05) is 381 Å². The number of aliphatic hydroxyl groups excluding tert-OH is 1. The van der Waals surface area contributed by atoms with Gasteiger partial charge in [0, 0.05) is 25.7 Å². The summed E-state index contributed by atoms with van der Waals surface area (Å²) in [6, 6.07) is 0. The highest BCUT2D eigenvalue weighted by Crippen LogP contribution is 2.45. The Labute approximate surface area is 613 Å². The van der Waals surface area contributed by atoms with Gasteiger partial charge in [-0.3, -0.25) is 37.3 Å². The van der Waals surface area contributed by atoms with E-state index < -0.39 is 97.5 Å². The molecule has 0 aromatic carbocycles. The van der Waals surface area contributed by atoms with Crippen LogP contribution in [0.2, 0.25) is 0 Å². The van der Waals surface area contributed by atoms with Crippen LogP contribution in [0.5, 0.6) is 0 Å². The van der Waals surface area contributed by atoms with Gasteiger partial charge in [0.05, 0.1) is 26.4 Å². The van der Waals surface area contributed by atoms with Crippen molar-refractivity contribution in [3.05, 3.63) is 0 Å². The van der Waals surface area contributed by atoms with E-state index in [0.29, 0.717) is 25.7 Å². The third kappa shape index (κ3) is 74.3. The summed E-state index contributed by atoms with van der Waals surface area (Å²) >= 11 is 0. The van der Waals surface area contributed by atoms with Gasteiger partial charge >= 0.3 is 39.5 Å². The summed E-state index contributed by atoms with van der Waals surface area (Å²) in [6.45, 7) is 7.31. The lowest BCUT2D eigenvalue weighted by Crippen LogP contribution is -2.30. The van der Waals surface area contributed by atoms with Crippen LogP contribution in [0.4, 0.5) is 0 Å². The molecule has 3 N–H and O–H groups in total. The fourth-order valence-corrected chi connectivity index (χ4v) is 14.2. The van der Waals surface area contributed by atoms with E-state index in [4.69, 9.17) is 37.0 Å². The van der Waals surface area contributed by atoms with Gasteiger partial charge < -0.3 is 33.8 Å². The molecular weight excluding hydrogens is 1310 g/mol. The molecular formula is C81H158O17P2. The van der Waals surface area contributed by atoms with Gasteiger partial charge in [-0.05, 0) is 31.6 Å². The number of aliphatic hydroxyl groups is 1. The van der Waals surface area contributed by atoms with Gasteiger partial charge in [-0.25, -0.2) is 9.13 Å². The molecule has 100 heavy (non-hydrogen) atoms. The highest BCUT2D eigenvalue weighted by atomic mass is 31.2. The monoisotopic (exact) mass is 1470 g/mol. The first-order valence-electron chi connectivity index (χ1n) is 42.1. The summed E-state index contributed by atoms with van der Waals surface area (Å²) in [5.74, 6) is -1.37. The number of rotatable bonds is 81. The molecule has 0 amide bonds. The summed E-state index contributed by atoms with van der Waals surface area (Å²) in [5, 5.41) is 10.6. The van der Waals surface area contributed by atoms with E-state index in [1.165, 1.54) is 257 Å². The van der Waals surface area contributed by atoms with Gasteiger partial charge in [0.2, 0.25) is 0 Å². The lowest BCUT2D eigenvalue weighted by Gasteiger charge is -2.21. The highest BCUT2D eigenvalue weighted by Gasteiger charge is 2.30. The Morgan fingerprint density at radius 1 is 0.270 bits per heavy atom. The average Bonchev–Trinajstić information content (AvgIpc) is 0.949. The Morgan fingerprint density at radius 2 is 0.460 bits per heavy atom. The molecule has 0 fully saturated rings. The predicted molar refractivity (Wildman–Crippen MR) is 409 cm³/mol. The quantitative estimate of drug-likeness (QED) is 0.0222. The molecule has 0 aromatic heterocycles. The molecule has 0 bridgehead atoms. The molecule has 0 spiro atoms. The lowest BCUT2D eigenvalue weighted by molar-refractivity contribution is -0.161. The second-order valence-electron chi connectivity index (χ2n) is 29.6. The molecule has 594 valence electrons. The number of phosphoric acid groups is 2. The molecule has 0 heterocycles. The largest absolute Gasteiger partial charge is 0.472 e. The van der Waals surface area contributed by atoms with Crippen molar-refractivity contribution in [2.24, 2.45) is 5.92 Å². The topological polar surface area (TPSA) is 237 Å². The van der Waals surface area contributed by atoms with E-state index in [0.717, 1.165) is 95.8 Å². The van der Waals surface area contributed by atoms with E-state index in [-0.39, 0.29) is 25.7 Å².